The molecule has 4 aliphatic rings. The van der Waals surface area contributed by atoms with E-state index < -0.39 is 15.9 Å². The topological polar surface area (TPSA) is 124 Å². The van der Waals surface area contributed by atoms with Crippen LogP contribution in [0.1, 0.15) is 85.0 Å². The molecule has 1 amide bonds. The molecule has 0 aliphatic heterocycles. The van der Waals surface area contributed by atoms with Crippen molar-refractivity contribution in [1.82, 2.24) is 5.32 Å². The smallest absolute Gasteiger partial charge is 0.266 e. The number of aliphatic hydroxyl groups is 2. The lowest BCUT2D eigenvalue weighted by molar-refractivity contribution is -0.168. The van der Waals surface area contributed by atoms with Gasteiger partial charge in [-0.05, 0) is 111 Å². The number of carbonyl (C=O) groups excluding carboxylic acids is 1. The normalized spacial score (nSPS) is 44.1. The van der Waals surface area contributed by atoms with Crippen molar-refractivity contribution in [2.75, 3.05) is 12.3 Å². The number of hydrogen-bond donors (Lipinski definition) is 4. The van der Waals surface area contributed by atoms with E-state index in [4.69, 9.17) is 4.55 Å². The first-order valence-corrected chi connectivity index (χ1v) is 15.6. The Bertz CT molecular complexity index is 864. The number of fused-ring (bicyclic) bond motifs is 5. The van der Waals surface area contributed by atoms with Crippen LogP contribution in [-0.2, 0) is 14.9 Å². The van der Waals surface area contributed by atoms with Gasteiger partial charge in [0.2, 0.25) is 5.91 Å². The molecule has 0 radical (unpaired) electrons. The molecule has 0 aromatic carbocycles. The van der Waals surface area contributed by atoms with Gasteiger partial charge in [-0.1, -0.05) is 20.8 Å². The second kappa shape index (κ2) is 10.6. The van der Waals surface area contributed by atoms with Gasteiger partial charge in [-0.2, -0.15) is 8.42 Å². The van der Waals surface area contributed by atoms with E-state index in [2.05, 4.69) is 26.1 Å². The Morgan fingerprint density at radius 2 is 1.86 bits per heavy atom. The van der Waals surface area contributed by atoms with Gasteiger partial charge in [0.05, 0.1) is 18.0 Å². The molecule has 4 N–H and O–H groups in total. The van der Waals surface area contributed by atoms with E-state index in [0.717, 1.165) is 38.5 Å². The minimum atomic E-state index is -4.05. The molecule has 11 atom stereocenters. The monoisotopic (exact) mass is 513 g/mol. The van der Waals surface area contributed by atoms with Gasteiger partial charge in [0.15, 0.2) is 0 Å². The molecule has 4 saturated carbocycles. The van der Waals surface area contributed by atoms with Crippen molar-refractivity contribution >= 4 is 16.0 Å². The van der Waals surface area contributed by atoms with E-state index in [1.54, 1.807) is 0 Å². The first-order chi connectivity index (χ1) is 16.4. The summed E-state index contributed by atoms with van der Waals surface area (Å²) < 4.78 is 30.4. The summed E-state index contributed by atoms with van der Waals surface area (Å²) in [6, 6.07) is 0. The second-order valence-corrected chi connectivity index (χ2v) is 14.4. The van der Waals surface area contributed by atoms with Gasteiger partial charge >= 0.3 is 0 Å². The fourth-order valence-electron chi connectivity index (χ4n) is 9.23. The molecule has 4 aliphatic carbocycles. The van der Waals surface area contributed by atoms with Crippen LogP contribution in [-0.4, -0.2) is 53.6 Å². The van der Waals surface area contributed by atoms with Gasteiger partial charge in [0.1, 0.15) is 0 Å². The number of nitrogens with one attached hydrogen (secondary N) is 1. The lowest BCUT2D eigenvalue weighted by atomic mass is 9.44. The molecule has 0 aromatic heterocycles. The molecule has 0 aromatic rings. The summed E-state index contributed by atoms with van der Waals surface area (Å²) in [5, 5.41) is 24.2. The number of rotatable bonds is 8. The summed E-state index contributed by atoms with van der Waals surface area (Å²) in [6.45, 7) is 7.15. The van der Waals surface area contributed by atoms with E-state index in [-0.39, 0.29) is 30.1 Å². The highest BCUT2D eigenvalue weighted by molar-refractivity contribution is 7.85. The molecule has 0 spiro atoms. The summed E-state index contributed by atoms with van der Waals surface area (Å²) in [5.41, 5.74) is 0.245. The SMILES string of the molecule is C[C@H](CCCC(=O)NCCS(=O)(=O)O)[C@@H]1CC[C@@H]2[C@@H]1[C@H](C)C[C@H]1[C@H]2[C@H](O)C[C@@H]2C[C@H](O)CC[C@@]21C. The Labute approximate surface area is 211 Å². The first-order valence-electron chi connectivity index (χ1n) is 14.0. The largest absolute Gasteiger partial charge is 0.393 e. The first kappa shape index (κ1) is 27.3. The van der Waals surface area contributed by atoms with Crippen LogP contribution in [0.3, 0.4) is 0 Å². The minimum absolute atomic E-state index is 0.0548. The molecule has 4 rings (SSSR count). The lowest BCUT2D eigenvalue weighted by Crippen LogP contribution is -2.58. The maximum Gasteiger partial charge on any atom is 0.266 e. The Kier molecular flexibility index (Phi) is 8.26. The highest BCUT2D eigenvalue weighted by Crippen LogP contribution is 2.65. The van der Waals surface area contributed by atoms with Crippen LogP contribution >= 0.6 is 0 Å². The van der Waals surface area contributed by atoms with E-state index in [0.29, 0.717) is 53.8 Å². The average molecular weight is 514 g/mol. The summed E-state index contributed by atoms with van der Waals surface area (Å²) >= 11 is 0. The zero-order valence-electron chi connectivity index (χ0n) is 21.7. The molecule has 0 unspecified atom stereocenters. The molecular formula is C27H47NO6S. The van der Waals surface area contributed by atoms with E-state index >= 15 is 0 Å². The standard InChI is InChI=1S/C27H47NO6S/c1-16(5-4-6-24(31)28-11-12-35(32,33)34)20-7-8-21-25(20)17(2)13-22-26(21)23(30)15-18-14-19(29)9-10-27(18,22)3/h16-23,25-26,29-30H,4-15H2,1-3H3,(H,28,31)(H,32,33,34)/t16-,17-,18+,19-,20+,21-,22+,23-,25-,26+,27+/m1/s1. The molecule has 202 valence electrons. The van der Waals surface area contributed by atoms with Crippen LogP contribution < -0.4 is 5.32 Å². The molecule has 8 heteroatoms. The zero-order chi connectivity index (χ0) is 25.5. The van der Waals surface area contributed by atoms with E-state index in [9.17, 15) is 23.4 Å². The molecule has 0 saturated heterocycles. The summed E-state index contributed by atoms with van der Waals surface area (Å²) in [6.07, 6.45) is 8.95. The lowest BCUT2D eigenvalue weighted by Gasteiger charge is -2.61. The Morgan fingerprint density at radius 1 is 1.11 bits per heavy atom. The summed E-state index contributed by atoms with van der Waals surface area (Å²) in [4.78, 5) is 12.0. The van der Waals surface area contributed by atoms with Crippen molar-refractivity contribution in [3.63, 3.8) is 0 Å². The zero-order valence-corrected chi connectivity index (χ0v) is 22.5. The molecule has 4 fully saturated rings. The van der Waals surface area contributed by atoms with Crippen molar-refractivity contribution < 1.29 is 28.0 Å². The van der Waals surface area contributed by atoms with Crippen molar-refractivity contribution in [2.24, 2.45) is 52.8 Å². The minimum Gasteiger partial charge on any atom is -0.393 e. The van der Waals surface area contributed by atoms with E-state index in [1.165, 1.54) is 19.3 Å². The number of carbonyl (C=O) groups is 1. The third kappa shape index (κ3) is 5.75. The molecule has 35 heavy (non-hydrogen) atoms. The molecule has 7 nitrogen and oxygen atoms in total. The van der Waals surface area contributed by atoms with Crippen molar-refractivity contribution in [3.05, 3.63) is 0 Å². The number of hydrogen-bond acceptors (Lipinski definition) is 5. The van der Waals surface area contributed by atoms with Gasteiger partial charge in [0.25, 0.3) is 10.1 Å². The van der Waals surface area contributed by atoms with Gasteiger partial charge in [-0.15, -0.1) is 0 Å². The summed E-state index contributed by atoms with van der Waals surface area (Å²) in [5.74, 6) is 3.77. The predicted octanol–water partition coefficient (Wildman–Crippen LogP) is 3.64. The second-order valence-electron chi connectivity index (χ2n) is 12.8. The third-order valence-electron chi connectivity index (χ3n) is 10.9. The highest BCUT2D eigenvalue weighted by atomic mass is 32.2. The van der Waals surface area contributed by atoms with Gasteiger partial charge in [-0.3, -0.25) is 9.35 Å². The maximum absolute atomic E-state index is 12.0. The highest BCUT2D eigenvalue weighted by Gasteiger charge is 2.60. The molecule has 0 heterocycles. The fourth-order valence-corrected chi connectivity index (χ4v) is 9.59. The van der Waals surface area contributed by atoms with Crippen LogP contribution in [0.2, 0.25) is 0 Å². The Hall–Kier alpha value is -0.700. The summed E-state index contributed by atoms with van der Waals surface area (Å²) in [7, 11) is -4.05. The Morgan fingerprint density at radius 3 is 2.57 bits per heavy atom. The van der Waals surface area contributed by atoms with Crippen LogP contribution in [0.4, 0.5) is 0 Å². The maximum atomic E-state index is 12.0. The van der Waals surface area contributed by atoms with Crippen molar-refractivity contribution in [1.29, 1.82) is 0 Å². The third-order valence-corrected chi connectivity index (χ3v) is 11.6. The predicted molar refractivity (Wildman–Crippen MR) is 135 cm³/mol. The van der Waals surface area contributed by atoms with Crippen LogP contribution in [0.5, 0.6) is 0 Å². The van der Waals surface area contributed by atoms with Crippen LogP contribution in [0, 0.1) is 52.8 Å². The molecular weight excluding hydrogens is 466 g/mol. The number of amides is 1. The quantitative estimate of drug-likeness (QED) is 0.367. The molecule has 0 bridgehead atoms. The fraction of sp³-hybridized carbons (Fsp3) is 0.963. The van der Waals surface area contributed by atoms with Gasteiger partial charge in [-0.25, -0.2) is 0 Å². The number of aliphatic hydroxyl groups excluding tert-OH is 2. The van der Waals surface area contributed by atoms with Crippen molar-refractivity contribution in [2.45, 2.75) is 97.2 Å². The van der Waals surface area contributed by atoms with E-state index in [1.807, 2.05) is 0 Å². The van der Waals surface area contributed by atoms with Crippen LogP contribution in [0.25, 0.3) is 0 Å². The van der Waals surface area contributed by atoms with Crippen LogP contribution in [0.15, 0.2) is 0 Å². The Balaban J connectivity index is 1.34. The van der Waals surface area contributed by atoms with Gasteiger partial charge < -0.3 is 15.5 Å². The van der Waals surface area contributed by atoms with Crippen molar-refractivity contribution in [3.8, 4) is 0 Å². The average Bonchev–Trinajstić information content (AvgIpc) is 3.20. The van der Waals surface area contributed by atoms with Gasteiger partial charge in [0, 0.05) is 13.0 Å².